The second-order valence-electron chi connectivity index (χ2n) is 6.58. The number of carbonyl (C=O) groups is 2. The van der Waals surface area contributed by atoms with Crippen molar-refractivity contribution in [2.75, 3.05) is 21.3 Å². The Morgan fingerprint density at radius 1 is 1.00 bits per heavy atom. The van der Waals surface area contributed by atoms with Crippen LogP contribution in [-0.4, -0.2) is 38.4 Å². The van der Waals surface area contributed by atoms with Gasteiger partial charge in [0, 0.05) is 25.4 Å². The topological polar surface area (TPSA) is 55.8 Å². The first-order valence-corrected chi connectivity index (χ1v) is 8.56. The number of hydrogen-bond donors (Lipinski definition) is 0. The average molecular weight is 353 g/mol. The summed E-state index contributed by atoms with van der Waals surface area (Å²) < 4.78 is 10.3. The molecule has 0 aliphatic heterocycles. The average Bonchev–Trinajstić information content (AvgIpc) is 3.42. The smallest absolute Gasteiger partial charge is 0.227 e. The fourth-order valence-electron chi connectivity index (χ4n) is 3.41. The number of amides is 1. The molecule has 1 amide bonds. The lowest BCUT2D eigenvalue weighted by Crippen LogP contribution is -2.28. The summed E-state index contributed by atoms with van der Waals surface area (Å²) in [6.45, 7) is 0.500. The van der Waals surface area contributed by atoms with Gasteiger partial charge in [-0.2, -0.15) is 0 Å². The summed E-state index contributed by atoms with van der Waals surface area (Å²) in [5.41, 5.74) is 2.02. The minimum atomic E-state index is -0.288. The fraction of sp³-hybridized carbons (Fsp3) is 0.333. The third-order valence-corrected chi connectivity index (χ3v) is 4.97. The minimum absolute atomic E-state index is 0.00117. The van der Waals surface area contributed by atoms with Gasteiger partial charge in [0.2, 0.25) is 5.91 Å². The maximum atomic E-state index is 12.8. The molecule has 0 saturated heterocycles. The van der Waals surface area contributed by atoms with Crippen LogP contribution in [0.5, 0.6) is 11.5 Å². The van der Waals surface area contributed by atoms with E-state index in [0.717, 1.165) is 28.9 Å². The molecule has 2 aromatic rings. The first-order valence-electron chi connectivity index (χ1n) is 8.56. The number of ether oxygens (including phenoxy) is 2. The second-order valence-corrected chi connectivity index (χ2v) is 6.58. The lowest BCUT2D eigenvalue weighted by molar-refractivity contribution is -0.132. The van der Waals surface area contributed by atoms with Crippen molar-refractivity contribution in [2.45, 2.75) is 12.5 Å². The Hall–Kier alpha value is -2.82. The van der Waals surface area contributed by atoms with Gasteiger partial charge in [0.15, 0.2) is 0 Å². The van der Waals surface area contributed by atoms with Gasteiger partial charge in [-0.15, -0.1) is 0 Å². The number of carbonyl (C=O) groups excluding carboxylic acids is 2. The highest BCUT2D eigenvalue weighted by atomic mass is 16.5. The molecule has 0 N–H and O–H groups in total. The number of methoxy groups -OCH3 is 2. The summed E-state index contributed by atoms with van der Waals surface area (Å²) in [5, 5.41) is 0. The molecule has 5 heteroatoms. The van der Waals surface area contributed by atoms with Crippen LogP contribution in [0.4, 0.5) is 0 Å². The van der Waals surface area contributed by atoms with Crippen molar-refractivity contribution in [2.24, 2.45) is 11.8 Å². The first-order chi connectivity index (χ1) is 12.6. The van der Waals surface area contributed by atoms with Gasteiger partial charge >= 0.3 is 0 Å². The molecule has 3 atom stereocenters. The lowest BCUT2D eigenvalue weighted by Gasteiger charge is -2.18. The Morgan fingerprint density at radius 2 is 1.54 bits per heavy atom. The number of hydrogen-bond acceptors (Lipinski definition) is 4. The van der Waals surface area contributed by atoms with Crippen LogP contribution < -0.4 is 9.47 Å². The fourth-order valence-corrected chi connectivity index (χ4v) is 3.41. The Labute approximate surface area is 153 Å². The van der Waals surface area contributed by atoms with Crippen molar-refractivity contribution in [1.29, 1.82) is 0 Å². The minimum Gasteiger partial charge on any atom is -0.497 e. The van der Waals surface area contributed by atoms with E-state index in [4.69, 9.17) is 9.47 Å². The van der Waals surface area contributed by atoms with Crippen molar-refractivity contribution in [3.05, 3.63) is 59.7 Å². The zero-order chi connectivity index (χ0) is 18.7. The van der Waals surface area contributed by atoms with Crippen LogP contribution in [0.1, 0.15) is 17.0 Å². The summed E-state index contributed by atoms with van der Waals surface area (Å²) in [6.07, 6.45) is 0.901. The molecular weight excluding hydrogens is 330 g/mol. The van der Waals surface area contributed by atoms with Gasteiger partial charge in [-0.1, -0.05) is 24.3 Å². The van der Waals surface area contributed by atoms with Crippen LogP contribution in [0, 0.1) is 11.8 Å². The summed E-state index contributed by atoms with van der Waals surface area (Å²) in [7, 11) is 5.01. The largest absolute Gasteiger partial charge is 0.497 e. The molecule has 2 aromatic carbocycles. The van der Waals surface area contributed by atoms with E-state index in [1.54, 1.807) is 26.2 Å². The quantitative estimate of drug-likeness (QED) is 0.718. The Kier molecular flexibility index (Phi) is 5.26. The monoisotopic (exact) mass is 353 g/mol. The predicted molar refractivity (Wildman–Crippen MR) is 98.2 cm³/mol. The van der Waals surface area contributed by atoms with Crippen LogP contribution in [-0.2, 0) is 16.1 Å². The Bertz CT molecular complexity index is 770. The Morgan fingerprint density at radius 3 is 2.04 bits per heavy atom. The van der Waals surface area contributed by atoms with E-state index in [9.17, 15) is 9.59 Å². The summed E-state index contributed by atoms with van der Waals surface area (Å²) in [6, 6.07) is 15.2. The molecular formula is C21H23NO4. The first kappa shape index (κ1) is 18.0. The predicted octanol–water partition coefficient (Wildman–Crippen LogP) is 2.89. The lowest BCUT2D eigenvalue weighted by atomic mass is 10.1. The SMILES string of the molecule is COc1ccc(CN(C)C(=O)C2C(C=O)C2c2ccc(OC)cc2)cc1. The summed E-state index contributed by atoms with van der Waals surface area (Å²) in [5.74, 6) is 0.948. The molecule has 0 bridgehead atoms. The van der Waals surface area contributed by atoms with Crippen LogP contribution in [0.25, 0.3) is 0 Å². The van der Waals surface area contributed by atoms with E-state index in [-0.39, 0.29) is 23.7 Å². The van der Waals surface area contributed by atoms with Crippen molar-refractivity contribution in [1.82, 2.24) is 4.90 Å². The maximum absolute atomic E-state index is 12.8. The van der Waals surface area contributed by atoms with Gasteiger partial charge in [-0.3, -0.25) is 4.79 Å². The van der Waals surface area contributed by atoms with Gasteiger partial charge in [-0.25, -0.2) is 0 Å². The van der Waals surface area contributed by atoms with Crippen LogP contribution >= 0.6 is 0 Å². The molecule has 0 radical (unpaired) electrons. The second kappa shape index (κ2) is 7.60. The number of nitrogens with zero attached hydrogens (tertiary/aromatic N) is 1. The molecule has 1 aliphatic rings. The highest BCUT2D eigenvalue weighted by Crippen LogP contribution is 2.53. The van der Waals surface area contributed by atoms with Gasteiger partial charge in [-0.05, 0) is 35.4 Å². The highest BCUT2D eigenvalue weighted by Gasteiger charge is 2.56. The molecule has 5 nitrogen and oxygen atoms in total. The normalized spacial score (nSPS) is 21.0. The number of rotatable bonds is 7. The molecule has 0 heterocycles. The van der Waals surface area contributed by atoms with Gasteiger partial charge in [0.05, 0.1) is 20.1 Å². The molecule has 0 spiro atoms. The van der Waals surface area contributed by atoms with E-state index in [2.05, 4.69) is 0 Å². The van der Waals surface area contributed by atoms with Gasteiger partial charge < -0.3 is 19.2 Å². The van der Waals surface area contributed by atoms with E-state index in [0.29, 0.717) is 6.54 Å². The molecule has 1 saturated carbocycles. The van der Waals surface area contributed by atoms with Crippen molar-refractivity contribution < 1.29 is 19.1 Å². The molecule has 0 aromatic heterocycles. The molecule has 1 aliphatic carbocycles. The molecule has 1 fully saturated rings. The molecule has 3 rings (SSSR count). The zero-order valence-corrected chi connectivity index (χ0v) is 15.2. The van der Waals surface area contributed by atoms with Crippen LogP contribution in [0.15, 0.2) is 48.5 Å². The number of aldehydes is 1. The van der Waals surface area contributed by atoms with Gasteiger partial charge in [0.25, 0.3) is 0 Å². The van der Waals surface area contributed by atoms with Crippen LogP contribution in [0.3, 0.4) is 0 Å². The third-order valence-electron chi connectivity index (χ3n) is 4.97. The van der Waals surface area contributed by atoms with Crippen molar-refractivity contribution >= 4 is 12.2 Å². The summed E-state index contributed by atoms with van der Waals surface area (Å²) >= 11 is 0. The zero-order valence-electron chi connectivity index (χ0n) is 15.2. The van der Waals surface area contributed by atoms with Crippen molar-refractivity contribution in [3.63, 3.8) is 0 Å². The molecule has 26 heavy (non-hydrogen) atoms. The van der Waals surface area contributed by atoms with E-state index in [1.807, 2.05) is 48.5 Å². The molecule has 3 unspecified atom stereocenters. The van der Waals surface area contributed by atoms with E-state index in [1.165, 1.54) is 0 Å². The standard InChI is InChI=1S/C21H23NO4/c1-22(12-14-4-8-16(25-2)9-5-14)21(24)20-18(13-23)19(20)15-6-10-17(26-3)11-7-15/h4-11,13,18-20H,12H2,1-3H3. The molecule has 136 valence electrons. The summed E-state index contributed by atoms with van der Waals surface area (Å²) in [4.78, 5) is 25.9. The van der Waals surface area contributed by atoms with Gasteiger partial charge in [0.1, 0.15) is 17.8 Å². The van der Waals surface area contributed by atoms with E-state index >= 15 is 0 Å². The highest BCUT2D eigenvalue weighted by molar-refractivity contribution is 5.88. The van der Waals surface area contributed by atoms with Crippen LogP contribution in [0.2, 0.25) is 0 Å². The van der Waals surface area contributed by atoms with E-state index < -0.39 is 0 Å². The van der Waals surface area contributed by atoms with Crippen molar-refractivity contribution in [3.8, 4) is 11.5 Å². The number of benzene rings is 2. The maximum Gasteiger partial charge on any atom is 0.227 e. The Balaban J connectivity index is 1.68. The third kappa shape index (κ3) is 3.57.